The summed E-state index contributed by atoms with van der Waals surface area (Å²) in [6.45, 7) is 4.00. The number of carbonyl (C=O) groups is 1. The smallest absolute Gasteiger partial charge is 0.329 e. The first-order valence-corrected chi connectivity index (χ1v) is 6.91. The van der Waals surface area contributed by atoms with Crippen LogP contribution in [0.2, 0.25) is 0 Å². The summed E-state index contributed by atoms with van der Waals surface area (Å²) >= 11 is 1.33. The fourth-order valence-electron chi connectivity index (χ4n) is 1.47. The van der Waals surface area contributed by atoms with Gasteiger partial charge in [0.15, 0.2) is 6.04 Å². The van der Waals surface area contributed by atoms with E-state index < -0.39 is 12.0 Å². The molecule has 6 heteroatoms. The average Bonchev–Trinajstić information content (AvgIpc) is 2.90. The van der Waals surface area contributed by atoms with Crippen molar-refractivity contribution < 1.29 is 19.7 Å². The minimum Gasteiger partial charge on any atom is -0.507 e. The van der Waals surface area contributed by atoms with Crippen LogP contribution in [0, 0.1) is 0 Å². The molecule has 0 aromatic heterocycles. The molecule has 1 aliphatic heterocycles. The number of aliphatic carboxylic acids is 1. The van der Waals surface area contributed by atoms with Gasteiger partial charge in [0, 0.05) is 17.4 Å². The Hall–Kier alpha value is -1.69. The number of hydrogen-bond donors (Lipinski definition) is 2. The third kappa shape index (κ3) is 3.64. The number of carboxylic acids is 1. The third-order valence-electron chi connectivity index (χ3n) is 2.37. The van der Waals surface area contributed by atoms with Gasteiger partial charge in [-0.1, -0.05) is 13.8 Å². The number of aliphatic imine (C=N–C) groups is 1. The number of rotatable bonds is 3. The Bertz CT molecular complexity index is 488. The van der Waals surface area contributed by atoms with Gasteiger partial charge in [-0.3, -0.25) is 4.99 Å². The second-order valence-corrected chi connectivity index (χ2v) is 4.49. The maximum absolute atomic E-state index is 10.8. The molecule has 0 spiro atoms. The van der Waals surface area contributed by atoms with Gasteiger partial charge in [0.2, 0.25) is 0 Å². The Morgan fingerprint density at radius 2 is 2.16 bits per heavy atom. The topological polar surface area (TPSA) is 79.1 Å². The highest BCUT2D eigenvalue weighted by atomic mass is 32.2. The molecule has 1 aromatic carbocycles. The molecule has 1 unspecified atom stereocenters. The quantitative estimate of drug-likeness (QED) is 0.890. The summed E-state index contributed by atoms with van der Waals surface area (Å²) in [5.41, 5.74) is 0.541. The fourth-order valence-corrected chi connectivity index (χ4v) is 2.53. The molecule has 0 fully saturated rings. The molecule has 1 aromatic rings. The number of phenolic OH excluding ortho intramolecular Hbond substituents is 1. The number of aromatic hydroxyl groups is 1. The minimum atomic E-state index is -0.944. The van der Waals surface area contributed by atoms with Gasteiger partial charge in [-0.15, -0.1) is 11.8 Å². The van der Waals surface area contributed by atoms with Crippen molar-refractivity contribution >= 4 is 22.8 Å². The Labute approximate surface area is 116 Å². The molecule has 0 saturated heterocycles. The molecule has 1 heterocycles. The van der Waals surface area contributed by atoms with E-state index in [1.807, 2.05) is 13.8 Å². The summed E-state index contributed by atoms with van der Waals surface area (Å²) in [5.74, 6) is 0.0441. The van der Waals surface area contributed by atoms with Crippen molar-refractivity contribution in [2.45, 2.75) is 19.9 Å². The van der Waals surface area contributed by atoms with Crippen LogP contribution in [0.15, 0.2) is 23.2 Å². The zero-order valence-electron chi connectivity index (χ0n) is 11.1. The number of nitrogens with zero attached hydrogens (tertiary/aromatic N) is 1. The van der Waals surface area contributed by atoms with E-state index in [2.05, 4.69) is 4.99 Å². The highest BCUT2D eigenvalue weighted by Crippen LogP contribution is 2.31. The van der Waals surface area contributed by atoms with Gasteiger partial charge in [0.05, 0.1) is 7.11 Å². The first-order valence-electron chi connectivity index (χ1n) is 5.92. The van der Waals surface area contributed by atoms with Crippen molar-refractivity contribution in [2.24, 2.45) is 4.99 Å². The van der Waals surface area contributed by atoms with E-state index in [-0.39, 0.29) is 5.75 Å². The summed E-state index contributed by atoms with van der Waals surface area (Å²) in [6, 6.07) is 4.12. The molecule has 0 amide bonds. The van der Waals surface area contributed by atoms with Crippen LogP contribution < -0.4 is 4.74 Å². The molecular weight excluding hydrogens is 266 g/mol. The third-order valence-corrected chi connectivity index (χ3v) is 3.45. The number of phenols is 1. The van der Waals surface area contributed by atoms with E-state index in [1.54, 1.807) is 12.1 Å². The number of ether oxygens (including phenoxy) is 1. The van der Waals surface area contributed by atoms with Gasteiger partial charge in [0.25, 0.3) is 0 Å². The molecule has 1 atom stereocenters. The maximum atomic E-state index is 10.8. The van der Waals surface area contributed by atoms with Crippen LogP contribution in [0.3, 0.4) is 0 Å². The monoisotopic (exact) mass is 283 g/mol. The molecule has 0 saturated carbocycles. The maximum Gasteiger partial charge on any atom is 0.329 e. The van der Waals surface area contributed by atoms with Crippen LogP contribution in [0.1, 0.15) is 19.4 Å². The van der Waals surface area contributed by atoms with Gasteiger partial charge >= 0.3 is 5.97 Å². The Morgan fingerprint density at radius 3 is 2.63 bits per heavy atom. The minimum absolute atomic E-state index is 0.0432. The molecule has 2 rings (SSSR count). The second kappa shape index (κ2) is 7.04. The van der Waals surface area contributed by atoms with E-state index >= 15 is 0 Å². The normalized spacial score (nSPS) is 17.2. The van der Waals surface area contributed by atoms with E-state index in [0.29, 0.717) is 22.1 Å². The number of benzene rings is 1. The standard InChI is InChI=1S/C11H11NO4S.C2H6/c1-16-6-2-3-7(9(13)4-6)10-12-8(5-17-10)11(14)15;1-2/h2-4,8,13H,5H2,1H3,(H,14,15);1-2H3. The second-order valence-electron chi connectivity index (χ2n) is 3.48. The van der Waals surface area contributed by atoms with Crippen LogP contribution >= 0.6 is 11.8 Å². The zero-order valence-corrected chi connectivity index (χ0v) is 11.9. The van der Waals surface area contributed by atoms with E-state index in [4.69, 9.17) is 9.84 Å². The lowest BCUT2D eigenvalue weighted by Crippen LogP contribution is -2.17. The van der Waals surface area contributed by atoms with Crippen molar-refractivity contribution in [3.63, 3.8) is 0 Å². The summed E-state index contributed by atoms with van der Waals surface area (Å²) in [7, 11) is 1.51. The van der Waals surface area contributed by atoms with Crippen molar-refractivity contribution in [1.82, 2.24) is 0 Å². The van der Waals surface area contributed by atoms with Crippen molar-refractivity contribution in [2.75, 3.05) is 12.9 Å². The molecule has 2 N–H and O–H groups in total. The molecule has 0 bridgehead atoms. The molecule has 0 aliphatic carbocycles. The van der Waals surface area contributed by atoms with Gasteiger partial charge in [-0.25, -0.2) is 4.79 Å². The number of thioether (sulfide) groups is 1. The molecule has 0 radical (unpaired) electrons. The predicted molar refractivity (Wildman–Crippen MR) is 76.4 cm³/mol. The van der Waals surface area contributed by atoms with Crippen LogP contribution in [-0.2, 0) is 4.79 Å². The highest BCUT2D eigenvalue weighted by molar-refractivity contribution is 8.14. The number of methoxy groups -OCH3 is 1. The van der Waals surface area contributed by atoms with E-state index in [9.17, 15) is 9.90 Å². The first-order chi connectivity index (χ1) is 9.11. The Kier molecular flexibility index (Phi) is 5.69. The lowest BCUT2D eigenvalue weighted by atomic mass is 10.2. The molecule has 1 aliphatic rings. The van der Waals surface area contributed by atoms with E-state index in [1.165, 1.54) is 24.9 Å². The predicted octanol–water partition coefficient (Wildman–Crippen LogP) is 2.37. The van der Waals surface area contributed by atoms with Crippen LogP contribution in [0.25, 0.3) is 0 Å². The van der Waals surface area contributed by atoms with Crippen molar-refractivity contribution in [1.29, 1.82) is 0 Å². The number of hydrogen-bond acceptors (Lipinski definition) is 5. The highest BCUT2D eigenvalue weighted by Gasteiger charge is 2.26. The lowest BCUT2D eigenvalue weighted by Gasteiger charge is -2.05. The van der Waals surface area contributed by atoms with Gasteiger partial charge in [-0.2, -0.15) is 0 Å². The van der Waals surface area contributed by atoms with Crippen LogP contribution in [0.5, 0.6) is 11.5 Å². The molecule has 19 heavy (non-hydrogen) atoms. The van der Waals surface area contributed by atoms with Crippen LogP contribution in [0.4, 0.5) is 0 Å². The van der Waals surface area contributed by atoms with Gasteiger partial charge < -0.3 is 14.9 Å². The Balaban J connectivity index is 0.000000861. The average molecular weight is 283 g/mol. The largest absolute Gasteiger partial charge is 0.507 e. The van der Waals surface area contributed by atoms with Gasteiger partial charge in [-0.05, 0) is 12.1 Å². The lowest BCUT2D eigenvalue weighted by molar-refractivity contribution is -0.137. The summed E-state index contributed by atoms with van der Waals surface area (Å²) < 4.78 is 4.97. The van der Waals surface area contributed by atoms with Crippen LogP contribution in [-0.4, -0.2) is 40.1 Å². The van der Waals surface area contributed by atoms with Crippen molar-refractivity contribution in [3.8, 4) is 11.5 Å². The fraction of sp³-hybridized carbons (Fsp3) is 0.385. The molecule has 5 nitrogen and oxygen atoms in total. The SMILES string of the molecule is CC.COc1ccc(C2=NC(C(=O)O)CS2)c(O)c1. The molecular formula is C13H17NO4S. The summed E-state index contributed by atoms with van der Waals surface area (Å²) in [4.78, 5) is 14.8. The molecule has 104 valence electrons. The zero-order chi connectivity index (χ0) is 14.4. The Morgan fingerprint density at radius 1 is 1.47 bits per heavy atom. The summed E-state index contributed by atoms with van der Waals surface area (Å²) in [5, 5.41) is 19.2. The van der Waals surface area contributed by atoms with Crippen molar-refractivity contribution in [3.05, 3.63) is 23.8 Å². The number of carboxylic acid groups (broad SMARTS) is 1. The summed E-state index contributed by atoms with van der Waals surface area (Å²) in [6.07, 6.45) is 0. The first kappa shape index (κ1) is 15.4. The van der Waals surface area contributed by atoms with E-state index in [0.717, 1.165) is 0 Å². The van der Waals surface area contributed by atoms with Gasteiger partial charge in [0.1, 0.15) is 16.5 Å².